The minimum absolute atomic E-state index is 0.0251. The second-order valence-corrected chi connectivity index (χ2v) is 20.8. The Bertz CT molecular complexity index is 1760. The summed E-state index contributed by atoms with van der Waals surface area (Å²) in [5, 5.41) is 147. The maximum atomic E-state index is 14.7. The summed E-state index contributed by atoms with van der Waals surface area (Å²) in [5.74, 6) is -0.927. The molecular weight excluding hydrogens is 896 g/mol. The Morgan fingerprint density at radius 1 is 0.567 bits per heavy atom. The van der Waals surface area contributed by atoms with Gasteiger partial charge in [0.15, 0.2) is 25.0 Å². The highest BCUT2D eigenvalue weighted by Crippen LogP contribution is 2.73. The number of ether oxygens (including phenoxy) is 8. The molecule has 0 aromatic carbocycles. The van der Waals surface area contributed by atoms with Crippen molar-refractivity contribution in [2.24, 2.45) is 28.1 Å². The quantitative estimate of drug-likeness (QED) is 0.0494. The average Bonchev–Trinajstić information content (AvgIpc) is 3.50. The molecule has 4 saturated heterocycles. The van der Waals surface area contributed by atoms with Gasteiger partial charge in [-0.25, -0.2) is 0 Å². The smallest absolute Gasteiger partial charge is 0.314 e. The standard InChI is InChI=1S/C44H70O23/c1-17-11-43-9-5-22-41(2,7-4-8-42(22,3)40(59)66-38-34(30(55)26(51)20(14-47)62-38)64-36-32(57)28(53)24(49)18(12-45)60-36)23(43)6-10-44(17,16-43)67-39-35(31(56)27(52)21(15-48)63-39)65-37-33(58)29(54)25(50)19(13-46)61-37/h18-39,45-58H,1,4-16H2,2-3H3/t18?,19?,20?,21?,22?,23-,24?,25?,26?,27?,28?,29?,30?,31?,32?,33?,34?,35?,36?,37?,38?,39?,41+,42+,43+,44-/m0/s1. The van der Waals surface area contributed by atoms with Crippen molar-refractivity contribution in [2.75, 3.05) is 26.4 Å². The van der Waals surface area contributed by atoms with Crippen molar-refractivity contribution >= 4 is 5.97 Å². The predicted octanol–water partition coefficient (Wildman–Crippen LogP) is -5.11. The summed E-state index contributed by atoms with van der Waals surface area (Å²) >= 11 is 0. The maximum Gasteiger partial charge on any atom is 0.314 e. The number of hydrogen-bond acceptors (Lipinski definition) is 23. The highest BCUT2D eigenvalue weighted by Gasteiger charge is 2.69. The SMILES string of the molecule is C=C1C[C@@]23CCC4[C@](C)(C(=O)OC5OC(CO)C(O)C(O)C5OC5OC(CO)C(O)C(O)C5O)CCC[C@@]4(C)[C@@H]2CC[C@]1(OC1OC(CO)C(O)C(O)C1OC1OC(CO)C(O)C(O)C1O)C3. The van der Waals surface area contributed by atoms with Crippen molar-refractivity contribution in [3.8, 4) is 0 Å². The van der Waals surface area contributed by atoms with E-state index in [1.807, 2.05) is 6.92 Å². The van der Waals surface area contributed by atoms with Gasteiger partial charge in [0, 0.05) is 0 Å². The molecule has 67 heavy (non-hydrogen) atoms. The molecule has 23 nitrogen and oxygen atoms in total. The molecule has 8 aliphatic rings. The van der Waals surface area contributed by atoms with E-state index in [9.17, 15) is 76.3 Å². The third kappa shape index (κ3) is 8.63. The highest BCUT2D eigenvalue weighted by molar-refractivity contribution is 5.77. The molecule has 4 heterocycles. The van der Waals surface area contributed by atoms with Crippen molar-refractivity contribution in [1.82, 2.24) is 0 Å². The lowest BCUT2D eigenvalue weighted by atomic mass is 9.41. The first-order valence-electron chi connectivity index (χ1n) is 23.4. The van der Waals surface area contributed by atoms with Crippen LogP contribution in [0.1, 0.15) is 71.6 Å². The van der Waals surface area contributed by atoms with E-state index in [0.29, 0.717) is 51.4 Å². The van der Waals surface area contributed by atoms with E-state index >= 15 is 0 Å². The second-order valence-electron chi connectivity index (χ2n) is 20.8. The highest BCUT2D eigenvalue weighted by atomic mass is 16.8. The summed E-state index contributed by atoms with van der Waals surface area (Å²) in [7, 11) is 0. The predicted molar refractivity (Wildman–Crippen MR) is 219 cm³/mol. The van der Waals surface area contributed by atoms with Crippen LogP contribution < -0.4 is 0 Å². The molecule has 21 unspecified atom stereocenters. The molecule has 4 aliphatic carbocycles. The van der Waals surface area contributed by atoms with Crippen LogP contribution in [-0.2, 0) is 42.7 Å². The topological polar surface area (TPSA) is 374 Å². The number of carbonyl (C=O) groups is 1. The maximum absolute atomic E-state index is 14.7. The van der Waals surface area contributed by atoms with E-state index < -0.39 is 172 Å². The molecule has 384 valence electrons. The molecule has 26 atom stereocenters. The third-order valence-corrected chi connectivity index (χ3v) is 17.1. The minimum atomic E-state index is -1.90. The van der Waals surface area contributed by atoms with Gasteiger partial charge in [-0.1, -0.05) is 19.9 Å². The molecule has 0 amide bonds. The van der Waals surface area contributed by atoms with E-state index in [1.165, 1.54) is 0 Å². The number of aliphatic hydroxyl groups excluding tert-OH is 14. The Kier molecular flexibility index (Phi) is 15.0. The lowest BCUT2D eigenvalue weighted by Gasteiger charge is -2.64. The zero-order valence-corrected chi connectivity index (χ0v) is 37.5. The van der Waals surface area contributed by atoms with E-state index in [2.05, 4.69) is 13.5 Å². The third-order valence-electron chi connectivity index (χ3n) is 17.1. The Morgan fingerprint density at radius 2 is 1.01 bits per heavy atom. The van der Waals surface area contributed by atoms with Gasteiger partial charge >= 0.3 is 5.97 Å². The van der Waals surface area contributed by atoms with Crippen LogP contribution in [-0.4, -0.2) is 232 Å². The van der Waals surface area contributed by atoms with Crippen LogP contribution in [0, 0.1) is 28.1 Å². The van der Waals surface area contributed by atoms with Gasteiger partial charge in [0.2, 0.25) is 6.29 Å². The van der Waals surface area contributed by atoms with Crippen LogP contribution in [0.4, 0.5) is 0 Å². The second kappa shape index (κ2) is 19.4. The Labute approximate surface area is 386 Å². The van der Waals surface area contributed by atoms with Crippen LogP contribution in [0.15, 0.2) is 12.2 Å². The molecule has 0 radical (unpaired) electrons. The number of aliphatic hydroxyl groups is 14. The first kappa shape index (κ1) is 51.7. The molecule has 0 aromatic rings. The van der Waals surface area contributed by atoms with Crippen LogP contribution in [0.5, 0.6) is 0 Å². The summed E-state index contributed by atoms with van der Waals surface area (Å²) in [5.41, 5.74) is -2.29. The van der Waals surface area contributed by atoms with Gasteiger partial charge in [-0.15, -0.1) is 0 Å². The largest absolute Gasteiger partial charge is 0.432 e. The molecule has 1 spiro atoms. The summed E-state index contributed by atoms with van der Waals surface area (Å²) in [6, 6.07) is 0. The molecule has 14 N–H and O–H groups in total. The summed E-state index contributed by atoms with van der Waals surface area (Å²) < 4.78 is 47.6. The van der Waals surface area contributed by atoms with Crippen LogP contribution in [0.3, 0.4) is 0 Å². The van der Waals surface area contributed by atoms with Crippen LogP contribution in [0.2, 0.25) is 0 Å². The zero-order chi connectivity index (χ0) is 48.7. The molecule has 2 bridgehead atoms. The fourth-order valence-electron chi connectivity index (χ4n) is 13.5. The first-order chi connectivity index (χ1) is 31.6. The van der Waals surface area contributed by atoms with Crippen LogP contribution in [0.25, 0.3) is 0 Å². The van der Waals surface area contributed by atoms with Crippen molar-refractivity contribution in [3.05, 3.63) is 12.2 Å². The molecule has 0 aromatic heterocycles. The van der Waals surface area contributed by atoms with Gasteiger partial charge < -0.3 is 109 Å². The molecule has 8 rings (SSSR count). The number of fused-ring (bicyclic) bond motifs is 3. The number of hydrogen-bond donors (Lipinski definition) is 14. The Hall–Kier alpha value is -1.63. The number of rotatable bonds is 12. The number of esters is 1. The summed E-state index contributed by atoms with van der Waals surface area (Å²) in [4.78, 5) is 14.7. The van der Waals surface area contributed by atoms with Gasteiger partial charge in [-0.3, -0.25) is 4.79 Å². The van der Waals surface area contributed by atoms with Gasteiger partial charge in [-0.05, 0) is 86.5 Å². The molecular formula is C44H70O23. The van der Waals surface area contributed by atoms with Gasteiger partial charge in [0.05, 0.1) is 37.4 Å². The zero-order valence-electron chi connectivity index (χ0n) is 37.5. The van der Waals surface area contributed by atoms with E-state index in [-0.39, 0.29) is 17.3 Å². The lowest BCUT2D eigenvalue weighted by molar-refractivity contribution is -0.378. The lowest BCUT2D eigenvalue weighted by Crippen LogP contribution is -2.66. The van der Waals surface area contributed by atoms with Gasteiger partial charge in [0.25, 0.3) is 0 Å². The van der Waals surface area contributed by atoms with E-state index in [1.54, 1.807) is 0 Å². The van der Waals surface area contributed by atoms with Crippen molar-refractivity contribution < 1.29 is 114 Å². The Balaban J connectivity index is 1.01. The van der Waals surface area contributed by atoms with E-state index in [4.69, 9.17) is 37.9 Å². The van der Waals surface area contributed by atoms with Crippen molar-refractivity contribution in [1.29, 1.82) is 0 Å². The van der Waals surface area contributed by atoms with Gasteiger partial charge in [-0.2, -0.15) is 0 Å². The van der Waals surface area contributed by atoms with Crippen molar-refractivity contribution in [2.45, 2.75) is 200 Å². The number of carbonyl (C=O) groups excluding carboxylic acids is 1. The van der Waals surface area contributed by atoms with Gasteiger partial charge in [0.1, 0.15) is 91.6 Å². The molecule has 8 fully saturated rings. The normalized spacial score (nSPS) is 54.5. The van der Waals surface area contributed by atoms with Crippen molar-refractivity contribution in [3.63, 3.8) is 0 Å². The van der Waals surface area contributed by atoms with Crippen LogP contribution >= 0.6 is 0 Å². The first-order valence-corrected chi connectivity index (χ1v) is 23.4. The minimum Gasteiger partial charge on any atom is -0.432 e. The fourth-order valence-corrected chi connectivity index (χ4v) is 13.5. The molecule has 4 saturated carbocycles. The molecule has 4 aliphatic heterocycles. The Morgan fingerprint density at radius 3 is 1.52 bits per heavy atom. The summed E-state index contributed by atoms with van der Waals surface area (Å²) in [6.45, 7) is 5.47. The fraction of sp³-hybridized carbons (Fsp3) is 0.932. The van der Waals surface area contributed by atoms with E-state index in [0.717, 1.165) is 12.0 Å². The molecule has 23 heteroatoms. The summed E-state index contributed by atoms with van der Waals surface area (Å²) in [6.07, 6.45) is -28.3. The average molecular weight is 967 g/mol. The monoisotopic (exact) mass is 966 g/mol.